The number of carbonyl (C=O) groups excluding carboxylic acids is 1. The van der Waals surface area contributed by atoms with Gasteiger partial charge in [0.05, 0.1) is 17.3 Å². The first-order chi connectivity index (χ1) is 9.30. The lowest BCUT2D eigenvalue weighted by Crippen LogP contribution is -2.42. The van der Waals surface area contributed by atoms with E-state index in [0.717, 1.165) is 11.8 Å². The molecule has 2 unspecified atom stereocenters. The van der Waals surface area contributed by atoms with Crippen molar-refractivity contribution in [2.45, 2.75) is 38.0 Å². The van der Waals surface area contributed by atoms with Crippen molar-refractivity contribution in [3.8, 4) is 0 Å². The maximum absolute atomic E-state index is 12.1. The number of rotatable bonds is 7. The minimum absolute atomic E-state index is 0.0212. The molecule has 1 aliphatic rings. The minimum atomic E-state index is -3.03. The molecule has 2 atom stereocenters. The molecule has 1 saturated heterocycles. The number of aliphatic carboxylic acids is 1. The Morgan fingerprint density at radius 2 is 2.05 bits per heavy atom. The maximum Gasteiger partial charge on any atom is 0.316 e. The summed E-state index contributed by atoms with van der Waals surface area (Å²) < 4.78 is 22.9. The average molecular weight is 323 g/mol. The third-order valence-corrected chi connectivity index (χ3v) is 6.47. The lowest BCUT2D eigenvalue weighted by molar-refractivity contribution is -0.136. The first-order valence-corrected chi connectivity index (χ1v) is 9.52. The van der Waals surface area contributed by atoms with Crippen LogP contribution >= 0.6 is 11.8 Å². The zero-order chi connectivity index (χ0) is 15.3. The lowest BCUT2D eigenvalue weighted by atomic mass is 10.2. The van der Waals surface area contributed by atoms with Crippen molar-refractivity contribution < 1.29 is 23.1 Å². The van der Waals surface area contributed by atoms with Crippen LogP contribution < -0.4 is 0 Å². The Morgan fingerprint density at radius 1 is 1.40 bits per heavy atom. The maximum atomic E-state index is 12.1. The Labute approximate surface area is 123 Å². The van der Waals surface area contributed by atoms with Crippen LogP contribution in [-0.2, 0) is 19.4 Å². The van der Waals surface area contributed by atoms with E-state index < -0.39 is 21.1 Å². The van der Waals surface area contributed by atoms with Gasteiger partial charge in [0, 0.05) is 12.6 Å². The van der Waals surface area contributed by atoms with E-state index in [4.69, 9.17) is 5.11 Å². The molecule has 1 heterocycles. The fourth-order valence-corrected chi connectivity index (χ4v) is 4.90. The average Bonchev–Trinajstić information content (AvgIpc) is 2.71. The molecule has 0 aromatic carbocycles. The van der Waals surface area contributed by atoms with Crippen molar-refractivity contribution in [3.05, 3.63) is 0 Å². The van der Waals surface area contributed by atoms with Crippen LogP contribution in [0.25, 0.3) is 0 Å². The van der Waals surface area contributed by atoms with Gasteiger partial charge in [-0.25, -0.2) is 8.42 Å². The molecule has 0 radical (unpaired) electrons. The summed E-state index contributed by atoms with van der Waals surface area (Å²) in [7, 11) is -3.03. The molecule has 1 aliphatic heterocycles. The van der Waals surface area contributed by atoms with Crippen molar-refractivity contribution in [2.75, 3.05) is 23.8 Å². The van der Waals surface area contributed by atoms with Crippen molar-refractivity contribution in [3.63, 3.8) is 0 Å². The normalized spacial score (nSPS) is 22.4. The summed E-state index contributed by atoms with van der Waals surface area (Å²) in [5, 5.41) is 8.34. The van der Waals surface area contributed by atoms with Crippen LogP contribution in [0.3, 0.4) is 0 Å². The van der Waals surface area contributed by atoms with Crippen molar-refractivity contribution in [2.24, 2.45) is 0 Å². The van der Waals surface area contributed by atoms with E-state index in [0.29, 0.717) is 19.4 Å². The smallest absolute Gasteiger partial charge is 0.316 e. The molecule has 6 nitrogen and oxygen atoms in total. The minimum Gasteiger partial charge on any atom is -0.480 e. The number of thioether (sulfide) groups is 1. The molecule has 0 aromatic heterocycles. The third-order valence-electron chi connectivity index (χ3n) is 3.36. The molecule has 20 heavy (non-hydrogen) atoms. The number of carboxylic acid groups (broad SMARTS) is 1. The van der Waals surface area contributed by atoms with Crippen molar-refractivity contribution in [1.29, 1.82) is 0 Å². The first-order valence-electron chi connectivity index (χ1n) is 6.65. The van der Waals surface area contributed by atoms with Gasteiger partial charge in [-0.2, -0.15) is 0 Å². The molecular formula is C12H21NO5S2. The molecule has 1 amide bonds. The number of nitrogens with zero attached hydrogens (tertiary/aromatic N) is 1. The fourth-order valence-electron chi connectivity index (χ4n) is 2.28. The van der Waals surface area contributed by atoms with Gasteiger partial charge in [0.25, 0.3) is 0 Å². The molecule has 0 bridgehead atoms. The molecule has 116 valence electrons. The number of carboxylic acids is 1. The van der Waals surface area contributed by atoms with Crippen LogP contribution in [0.2, 0.25) is 0 Å². The molecule has 1 fully saturated rings. The lowest BCUT2D eigenvalue weighted by Gasteiger charge is -2.27. The van der Waals surface area contributed by atoms with Gasteiger partial charge in [-0.15, -0.1) is 11.8 Å². The molecule has 0 aromatic rings. The SMILES string of the molecule is CCC(SCC(=O)N(CC)C1CCS(=O)(=O)C1)C(=O)O. The van der Waals surface area contributed by atoms with Crippen LogP contribution in [0.1, 0.15) is 26.7 Å². The monoisotopic (exact) mass is 323 g/mol. The predicted octanol–water partition coefficient (Wildman–Crippen LogP) is 0.618. The van der Waals surface area contributed by atoms with Crippen LogP contribution in [-0.4, -0.2) is 65.4 Å². The van der Waals surface area contributed by atoms with E-state index in [1.165, 1.54) is 0 Å². The summed E-state index contributed by atoms with van der Waals surface area (Å²) in [6.07, 6.45) is 0.930. The van der Waals surface area contributed by atoms with E-state index in [9.17, 15) is 18.0 Å². The molecule has 0 saturated carbocycles. The second-order valence-electron chi connectivity index (χ2n) is 4.78. The Bertz CT molecular complexity index is 462. The second-order valence-corrected chi connectivity index (χ2v) is 8.20. The van der Waals surface area contributed by atoms with Crippen LogP contribution in [0.4, 0.5) is 0 Å². The van der Waals surface area contributed by atoms with Gasteiger partial charge in [-0.05, 0) is 19.8 Å². The second kappa shape index (κ2) is 7.31. The standard InChI is InChI=1S/C12H21NO5S2/c1-3-10(12(15)16)19-7-11(14)13(4-2)9-5-6-20(17,18)8-9/h9-10H,3-8H2,1-2H3,(H,15,16). The predicted molar refractivity (Wildman–Crippen MR) is 78.6 cm³/mol. The Balaban J connectivity index is 2.58. The van der Waals surface area contributed by atoms with Crippen LogP contribution in [0.5, 0.6) is 0 Å². The molecule has 8 heteroatoms. The summed E-state index contributed by atoms with van der Waals surface area (Å²) in [5.41, 5.74) is 0. The van der Waals surface area contributed by atoms with Gasteiger partial charge in [0.1, 0.15) is 5.25 Å². The van der Waals surface area contributed by atoms with E-state index in [2.05, 4.69) is 0 Å². The molecule has 1 N–H and O–H groups in total. The number of amides is 1. The van der Waals surface area contributed by atoms with Gasteiger partial charge < -0.3 is 10.0 Å². The van der Waals surface area contributed by atoms with Gasteiger partial charge >= 0.3 is 5.97 Å². The molecule has 0 aliphatic carbocycles. The summed E-state index contributed by atoms with van der Waals surface area (Å²) in [4.78, 5) is 24.6. The third kappa shape index (κ3) is 4.66. The summed E-state index contributed by atoms with van der Waals surface area (Å²) >= 11 is 1.10. The van der Waals surface area contributed by atoms with Crippen LogP contribution in [0, 0.1) is 0 Å². The highest BCUT2D eigenvalue weighted by atomic mass is 32.2. The number of hydrogen-bond donors (Lipinski definition) is 1. The first kappa shape index (κ1) is 17.3. The quantitative estimate of drug-likeness (QED) is 0.738. The molecule has 1 rings (SSSR count). The Kier molecular flexibility index (Phi) is 6.32. The van der Waals surface area contributed by atoms with E-state index in [1.807, 2.05) is 6.92 Å². The molecule has 0 spiro atoms. The zero-order valence-corrected chi connectivity index (χ0v) is 13.4. The summed E-state index contributed by atoms with van der Waals surface area (Å²) in [5.74, 6) is -0.875. The van der Waals surface area contributed by atoms with Crippen molar-refractivity contribution >= 4 is 33.5 Å². The largest absolute Gasteiger partial charge is 0.480 e. The van der Waals surface area contributed by atoms with Gasteiger partial charge in [-0.1, -0.05) is 6.92 Å². The zero-order valence-electron chi connectivity index (χ0n) is 11.7. The number of hydrogen-bond acceptors (Lipinski definition) is 5. The Morgan fingerprint density at radius 3 is 2.45 bits per heavy atom. The highest BCUT2D eigenvalue weighted by Crippen LogP contribution is 2.20. The number of sulfone groups is 1. The Hall–Kier alpha value is -0.760. The summed E-state index contributed by atoms with van der Waals surface area (Å²) in [6.45, 7) is 4.02. The van der Waals surface area contributed by atoms with Gasteiger partial charge in [-0.3, -0.25) is 9.59 Å². The van der Waals surface area contributed by atoms with Crippen LogP contribution in [0.15, 0.2) is 0 Å². The van der Waals surface area contributed by atoms with E-state index >= 15 is 0 Å². The highest BCUT2D eigenvalue weighted by Gasteiger charge is 2.34. The van der Waals surface area contributed by atoms with E-state index in [-0.39, 0.29) is 29.2 Å². The molecular weight excluding hydrogens is 302 g/mol. The number of carbonyl (C=O) groups is 2. The highest BCUT2D eigenvalue weighted by molar-refractivity contribution is 8.01. The summed E-state index contributed by atoms with van der Waals surface area (Å²) in [6, 6.07) is -0.261. The van der Waals surface area contributed by atoms with Gasteiger partial charge in [0.2, 0.25) is 5.91 Å². The van der Waals surface area contributed by atoms with Crippen molar-refractivity contribution in [1.82, 2.24) is 4.90 Å². The topological polar surface area (TPSA) is 91.8 Å². The van der Waals surface area contributed by atoms with Gasteiger partial charge in [0.15, 0.2) is 9.84 Å². The fraction of sp³-hybridized carbons (Fsp3) is 0.833. The van der Waals surface area contributed by atoms with E-state index in [1.54, 1.807) is 11.8 Å².